The van der Waals surface area contributed by atoms with Crippen LogP contribution in [0.1, 0.15) is 19.8 Å². The third-order valence-electron chi connectivity index (χ3n) is 2.96. The molecule has 1 aliphatic heterocycles. The summed E-state index contributed by atoms with van der Waals surface area (Å²) in [6, 6.07) is -0.787. The van der Waals surface area contributed by atoms with Crippen LogP contribution in [0.2, 0.25) is 0 Å². The Labute approximate surface area is 102 Å². The largest absolute Gasteiger partial charge is 0.370 e. The monoisotopic (exact) mass is 242 g/mol. The molecule has 17 heavy (non-hydrogen) atoms. The minimum absolute atomic E-state index is 0.0754. The third kappa shape index (κ3) is 4.32. The molecule has 1 heterocycles. The van der Waals surface area contributed by atoms with Crippen molar-refractivity contribution in [3.63, 3.8) is 0 Å². The van der Waals surface area contributed by atoms with Gasteiger partial charge in [0, 0.05) is 26.2 Å². The van der Waals surface area contributed by atoms with Crippen LogP contribution in [0.5, 0.6) is 0 Å². The normalized spacial score (nSPS) is 19.1. The van der Waals surface area contributed by atoms with Crippen LogP contribution in [0.25, 0.3) is 0 Å². The fourth-order valence-corrected chi connectivity index (χ4v) is 2.05. The Morgan fingerprint density at radius 1 is 1.24 bits per heavy atom. The molecule has 0 radical (unpaired) electrons. The summed E-state index contributed by atoms with van der Waals surface area (Å²) >= 11 is 0. The number of carbonyl (C=O) groups is 2. The second-order valence-electron chi connectivity index (χ2n) is 4.44. The van der Waals surface area contributed by atoms with Crippen molar-refractivity contribution in [1.82, 2.24) is 9.80 Å². The smallest absolute Gasteiger partial charge is 0.240 e. The predicted octanol–water partition coefficient (Wildman–Crippen LogP) is -1.26. The van der Waals surface area contributed by atoms with Crippen molar-refractivity contribution in [3.05, 3.63) is 0 Å². The van der Waals surface area contributed by atoms with Gasteiger partial charge in [-0.2, -0.15) is 0 Å². The Hall–Kier alpha value is -1.14. The summed E-state index contributed by atoms with van der Waals surface area (Å²) in [7, 11) is 0. The lowest BCUT2D eigenvalue weighted by Gasteiger charge is -2.35. The van der Waals surface area contributed by atoms with Crippen LogP contribution in [0.4, 0.5) is 0 Å². The lowest BCUT2D eigenvalue weighted by molar-refractivity contribution is -0.136. The van der Waals surface area contributed by atoms with Crippen LogP contribution < -0.4 is 11.5 Å². The molecule has 0 aromatic carbocycles. The molecule has 0 aliphatic carbocycles. The maximum Gasteiger partial charge on any atom is 0.240 e. The second kappa shape index (κ2) is 6.56. The van der Waals surface area contributed by atoms with Gasteiger partial charge in [-0.05, 0) is 13.0 Å². The molecular formula is C11H22N4O2. The molecule has 6 heteroatoms. The maximum atomic E-state index is 11.9. The molecule has 0 aromatic heterocycles. The first-order valence-corrected chi connectivity index (χ1v) is 6.09. The van der Waals surface area contributed by atoms with Crippen molar-refractivity contribution < 1.29 is 9.59 Å². The van der Waals surface area contributed by atoms with E-state index in [2.05, 4.69) is 11.8 Å². The first-order valence-electron chi connectivity index (χ1n) is 6.09. The van der Waals surface area contributed by atoms with Gasteiger partial charge in [0.05, 0.1) is 12.5 Å². The number of nitrogens with zero attached hydrogens (tertiary/aromatic N) is 2. The fraction of sp³-hybridized carbons (Fsp3) is 0.818. The molecule has 1 rings (SSSR count). The van der Waals surface area contributed by atoms with Crippen molar-refractivity contribution in [2.75, 3.05) is 32.7 Å². The van der Waals surface area contributed by atoms with Crippen LogP contribution in [0, 0.1) is 0 Å². The number of amides is 2. The SMILES string of the molecule is CCCN1CCN(C(=O)C(N)CC(N)=O)CC1. The molecular weight excluding hydrogens is 220 g/mol. The number of hydrogen-bond donors (Lipinski definition) is 2. The topological polar surface area (TPSA) is 92.7 Å². The van der Waals surface area contributed by atoms with E-state index in [1.807, 2.05) is 0 Å². The zero-order chi connectivity index (χ0) is 12.8. The van der Waals surface area contributed by atoms with Crippen LogP contribution in [0.3, 0.4) is 0 Å². The van der Waals surface area contributed by atoms with Gasteiger partial charge < -0.3 is 16.4 Å². The maximum absolute atomic E-state index is 11.9. The average Bonchev–Trinajstić information content (AvgIpc) is 2.28. The highest BCUT2D eigenvalue weighted by Crippen LogP contribution is 2.05. The van der Waals surface area contributed by atoms with Gasteiger partial charge in [-0.1, -0.05) is 6.92 Å². The lowest BCUT2D eigenvalue weighted by atomic mass is 10.1. The fourth-order valence-electron chi connectivity index (χ4n) is 2.05. The summed E-state index contributed by atoms with van der Waals surface area (Å²) in [5.74, 6) is -0.699. The van der Waals surface area contributed by atoms with Gasteiger partial charge in [-0.3, -0.25) is 14.5 Å². The van der Waals surface area contributed by atoms with Gasteiger partial charge in [-0.15, -0.1) is 0 Å². The molecule has 0 aromatic rings. The standard InChI is InChI=1S/C11H22N4O2/c1-2-3-14-4-6-15(7-5-14)11(17)9(12)8-10(13)16/h9H,2-8,12H2,1H3,(H2,13,16). The van der Waals surface area contributed by atoms with Crippen molar-refractivity contribution in [2.24, 2.45) is 11.5 Å². The van der Waals surface area contributed by atoms with E-state index in [1.165, 1.54) is 0 Å². The molecule has 1 atom stereocenters. The summed E-state index contributed by atoms with van der Waals surface area (Å²) in [6.45, 7) is 6.33. The molecule has 0 spiro atoms. The minimum Gasteiger partial charge on any atom is -0.370 e. The summed E-state index contributed by atoms with van der Waals surface area (Å²) in [5, 5.41) is 0. The molecule has 4 N–H and O–H groups in total. The van der Waals surface area contributed by atoms with Crippen LogP contribution in [-0.2, 0) is 9.59 Å². The number of piperazine rings is 1. The van der Waals surface area contributed by atoms with Gasteiger partial charge in [-0.25, -0.2) is 0 Å². The molecule has 1 aliphatic rings. The number of hydrogen-bond acceptors (Lipinski definition) is 4. The second-order valence-corrected chi connectivity index (χ2v) is 4.44. The van der Waals surface area contributed by atoms with E-state index in [0.717, 1.165) is 26.1 Å². The summed E-state index contributed by atoms with van der Waals surface area (Å²) in [5.41, 5.74) is 10.7. The highest BCUT2D eigenvalue weighted by Gasteiger charge is 2.25. The number of carbonyl (C=O) groups excluding carboxylic acids is 2. The summed E-state index contributed by atoms with van der Waals surface area (Å²) < 4.78 is 0. The highest BCUT2D eigenvalue weighted by atomic mass is 16.2. The molecule has 1 fully saturated rings. The average molecular weight is 242 g/mol. The Morgan fingerprint density at radius 3 is 2.29 bits per heavy atom. The third-order valence-corrected chi connectivity index (χ3v) is 2.96. The van der Waals surface area contributed by atoms with E-state index in [0.29, 0.717) is 13.1 Å². The Morgan fingerprint density at radius 2 is 1.82 bits per heavy atom. The molecule has 6 nitrogen and oxygen atoms in total. The molecule has 0 bridgehead atoms. The van der Waals surface area contributed by atoms with Crippen molar-refractivity contribution >= 4 is 11.8 Å². The molecule has 1 saturated heterocycles. The Balaban J connectivity index is 2.37. The molecule has 1 unspecified atom stereocenters. The molecule has 98 valence electrons. The molecule has 2 amide bonds. The van der Waals surface area contributed by atoms with Crippen molar-refractivity contribution in [3.8, 4) is 0 Å². The van der Waals surface area contributed by atoms with Crippen molar-refractivity contribution in [1.29, 1.82) is 0 Å². The van der Waals surface area contributed by atoms with Gasteiger partial charge >= 0.3 is 0 Å². The number of rotatable bonds is 5. The lowest BCUT2D eigenvalue weighted by Crippen LogP contribution is -2.53. The van der Waals surface area contributed by atoms with Gasteiger partial charge in [0.1, 0.15) is 0 Å². The van der Waals surface area contributed by atoms with E-state index in [-0.39, 0.29) is 12.3 Å². The highest BCUT2D eigenvalue weighted by molar-refractivity contribution is 5.87. The van der Waals surface area contributed by atoms with Crippen LogP contribution >= 0.6 is 0 Å². The van der Waals surface area contributed by atoms with Crippen molar-refractivity contribution in [2.45, 2.75) is 25.8 Å². The summed E-state index contributed by atoms with van der Waals surface area (Å²) in [6.07, 6.45) is 1.04. The van der Waals surface area contributed by atoms with Gasteiger partial charge in [0.25, 0.3) is 0 Å². The zero-order valence-electron chi connectivity index (χ0n) is 10.4. The first kappa shape index (κ1) is 13.9. The van der Waals surface area contributed by atoms with E-state index >= 15 is 0 Å². The van der Waals surface area contributed by atoms with E-state index in [4.69, 9.17) is 11.5 Å². The quantitative estimate of drug-likeness (QED) is 0.629. The number of primary amides is 1. The Kier molecular flexibility index (Phi) is 5.37. The van der Waals surface area contributed by atoms with Crippen LogP contribution in [0.15, 0.2) is 0 Å². The van der Waals surface area contributed by atoms with E-state index in [1.54, 1.807) is 4.90 Å². The van der Waals surface area contributed by atoms with Gasteiger partial charge in [0.15, 0.2) is 0 Å². The van der Waals surface area contributed by atoms with Crippen LogP contribution in [-0.4, -0.2) is 60.4 Å². The Bertz CT molecular complexity index is 275. The van der Waals surface area contributed by atoms with E-state index in [9.17, 15) is 9.59 Å². The first-order chi connectivity index (χ1) is 8.04. The summed E-state index contributed by atoms with van der Waals surface area (Å²) in [4.78, 5) is 26.6. The predicted molar refractivity (Wildman–Crippen MR) is 65.1 cm³/mol. The minimum atomic E-state index is -0.787. The van der Waals surface area contributed by atoms with E-state index < -0.39 is 11.9 Å². The zero-order valence-corrected chi connectivity index (χ0v) is 10.4. The molecule has 0 saturated carbocycles. The van der Waals surface area contributed by atoms with Gasteiger partial charge in [0.2, 0.25) is 11.8 Å². The number of nitrogens with two attached hydrogens (primary N) is 2.